The molecule has 1 saturated heterocycles. The number of carbonyl (C=O) groups excluding carboxylic acids is 1. The fraction of sp³-hybridized carbons (Fsp3) is 0.286. The van der Waals surface area contributed by atoms with Gasteiger partial charge in [0.25, 0.3) is 0 Å². The van der Waals surface area contributed by atoms with Gasteiger partial charge in [0.2, 0.25) is 5.91 Å². The highest BCUT2D eigenvalue weighted by Crippen LogP contribution is 2.32. The second-order valence-electron chi connectivity index (χ2n) is 4.71. The molecule has 0 radical (unpaired) electrons. The van der Waals surface area contributed by atoms with Gasteiger partial charge in [0.05, 0.1) is 23.2 Å². The van der Waals surface area contributed by atoms with Crippen molar-refractivity contribution in [2.24, 2.45) is 5.92 Å². The smallest absolute Gasteiger partial charge is 0.231 e. The minimum Gasteiger partial charge on any atom is -0.381 e. The average molecular weight is 343 g/mol. The van der Waals surface area contributed by atoms with Crippen molar-refractivity contribution in [2.75, 3.05) is 18.5 Å². The van der Waals surface area contributed by atoms with Gasteiger partial charge in [-0.15, -0.1) is 11.3 Å². The van der Waals surface area contributed by atoms with Gasteiger partial charge < -0.3 is 10.1 Å². The monoisotopic (exact) mass is 342 g/mol. The zero-order valence-corrected chi connectivity index (χ0v) is 13.3. The molecule has 0 aliphatic carbocycles. The predicted octanol–water partition coefficient (Wildman–Crippen LogP) is 4.09. The molecule has 7 heteroatoms. The van der Waals surface area contributed by atoms with Crippen LogP contribution in [0.15, 0.2) is 23.6 Å². The van der Waals surface area contributed by atoms with Crippen molar-refractivity contribution >= 4 is 45.6 Å². The van der Waals surface area contributed by atoms with Gasteiger partial charge in [0, 0.05) is 22.6 Å². The first-order chi connectivity index (χ1) is 10.1. The number of carbonyl (C=O) groups is 1. The van der Waals surface area contributed by atoms with Gasteiger partial charge in [-0.2, -0.15) is 0 Å². The van der Waals surface area contributed by atoms with Crippen LogP contribution in [0, 0.1) is 5.92 Å². The molecule has 3 rings (SSSR count). The number of benzene rings is 1. The summed E-state index contributed by atoms with van der Waals surface area (Å²) in [6.07, 6.45) is 0.757. The van der Waals surface area contributed by atoms with E-state index in [1.54, 1.807) is 12.1 Å². The van der Waals surface area contributed by atoms with Gasteiger partial charge in [-0.3, -0.25) is 4.79 Å². The zero-order chi connectivity index (χ0) is 14.8. The molecule has 0 bridgehead atoms. The van der Waals surface area contributed by atoms with E-state index in [0.717, 1.165) is 17.7 Å². The molecule has 1 atom stereocenters. The quantitative estimate of drug-likeness (QED) is 0.913. The molecule has 1 N–H and O–H groups in total. The normalized spacial score (nSPS) is 17.9. The van der Waals surface area contributed by atoms with E-state index in [-0.39, 0.29) is 11.8 Å². The fourth-order valence-electron chi connectivity index (χ4n) is 2.10. The molecule has 1 amide bonds. The number of amides is 1. The highest BCUT2D eigenvalue weighted by atomic mass is 35.5. The number of thiazole rings is 1. The summed E-state index contributed by atoms with van der Waals surface area (Å²) in [4.78, 5) is 16.4. The first-order valence-corrected chi connectivity index (χ1v) is 8.06. The van der Waals surface area contributed by atoms with Crippen LogP contribution < -0.4 is 5.32 Å². The number of halogens is 2. The second-order valence-corrected chi connectivity index (χ2v) is 6.41. The lowest BCUT2D eigenvalue weighted by Gasteiger charge is -2.06. The maximum absolute atomic E-state index is 12.0. The average Bonchev–Trinajstić information content (AvgIpc) is 3.09. The van der Waals surface area contributed by atoms with E-state index in [1.165, 1.54) is 11.3 Å². The number of rotatable bonds is 3. The highest BCUT2D eigenvalue weighted by molar-refractivity contribution is 7.14. The lowest BCUT2D eigenvalue weighted by atomic mass is 10.1. The first-order valence-electron chi connectivity index (χ1n) is 6.43. The van der Waals surface area contributed by atoms with E-state index in [1.807, 2.05) is 11.4 Å². The number of nitrogens with zero attached hydrogens (tertiary/aromatic N) is 1. The Morgan fingerprint density at radius 1 is 1.43 bits per heavy atom. The standard InChI is InChI=1S/C14H12Cl2N2O2S/c15-9-1-2-10(11(16)5-9)12-7-21-14(17-12)18-13(19)8-3-4-20-6-8/h1-2,5,7-8H,3-4,6H2,(H,17,18,19). The van der Waals surface area contributed by atoms with E-state index in [0.29, 0.717) is 28.4 Å². The number of anilines is 1. The van der Waals surface area contributed by atoms with Crippen molar-refractivity contribution in [1.82, 2.24) is 4.98 Å². The molecular formula is C14H12Cl2N2O2S. The van der Waals surface area contributed by atoms with Gasteiger partial charge in [0.1, 0.15) is 0 Å². The van der Waals surface area contributed by atoms with Crippen LogP contribution in [0.1, 0.15) is 6.42 Å². The Bertz CT molecular complexity index is 669. The van der Waals surface area contributed by atoms with Gasteiger partial charge >= 0.3 is 0 Å². The molecule has 1 aromatic heterocycles. The molecular weight excluding hydrogens is 331 g/mol. The van der Waals surface area contributed by atoms with Crippen LogP contribution in [0.4, 0.5) is 5.13 Å². The Hall–Kier alpha value is -1.14. The van der Waals surface area contributed by atoms with E-state index in [2.05, 4.69) is 10.3 Å². The first kappa shape index (κ1) is 14.8. The molecule has 1 aliphatic rings. The summed E-state index contributed by atoms with van der Waals surface area (Å²) in [5, 5.41) is 6.36. The van der Waals surface area contributed by atoms with Crippen LogP contribution in [-0.2, 0) is 9.53 Å². The molecule has 1 aromatic carbocycles. The molecule has 4 nitrogen and oxygen atoms in total. The summed E-state index contributed by atoms with van der Waals surface area (Å²) in [5.41, 5.74) is 1.52. The Morgan fingerprint density at radius 2 is 2.29 bits per heavy atom. The zero-order valence-electron chi connectivity index (χ0n) is 10.9. The lowest BCUT2D eigenvalue weighted by molar-refractivity contribution is -0.119. The van der Waals surface area contributed by atoms with Gasteiger partial charge in [-0.1, -0.05) is 23.2 Å². The Labute approximate surface area is 136 Å². The SMILES string of the molecule is O=C(Nc1nc(-c2ccc(Cl)cc2Cl)cs1)C1CCOC1. The Kier molecular flexibility index (Phi) is 4.45. The van der Waals surface area contributed by atoms with Crippen LogP contribution in [-0.4, -0.2) is 24.1 Å². The molecule has 2 aromatic rings. The molecule has 1 unspecified atom stereocenters. The van der Waals surface area contributed by atoms with Crippen molar-refractivity contribution < 1.29 is 9.53 Å². The molecule has 21 heavy (non-hydrogen) atoms. The maximum Gasteiger partial charge on any atom is 0.231 e. The highest BCUT2D eigenvalue weighted by Gasteiger charge is 2.24. The second kappa shape index (κ2) is 6.32. The van der Waals surface area contributed by atoms with Crippen LogP contribution in [0.2, 0.25) is 10.0 Å². The Balaban J connectivity index is 1.75. The molecule has 1 aliphatic heterocycles. The molecule has 0 spiro atoms. The van der Waals surface area contributed by atoms with Crippen molar-refractivity contribution in [1.29, 1.82) is 0 Å². The lowest BCUT2D eigenvalue weighted by Crippen LogP contribution is -2.22. The predicted molar refractivity (Wildman–Crippen MR) is 85.1 cm³/mol. The summed E-state index contributed by atoms with van der Waals surface area (Å²) in [6.45, 7) is 1.12. The third kappa shape index (κ3) is 3.37. The van der Waals surface area contributed by atoms with Gasteiger partial charge in [-0.25, -0.2) is 4.98 Å². The van der Waals surface area contributed by atoms with Crippen molar-refractivity contribution in [3.05, 3.63) is 33.6 Å². The number of aromatic nitrogens is 1. The number of nitrogens with one attached hydrogen (secondary N) is 1. The topological polar surface area (TPSA) is 51.2 Å². The number of hydrogen-bond acceptors (Lipinski definition) is 4. The van der Waals surface area contributed by atoms with Crippen LogP contribution >= 0.6 is 34.5 Å². The largest absolute Gasteiger partial charge is 0.381 e. The van der Waals surface area contributed by atoms with Crippen LogP contribution in [0.5, 0.6) is 0 Å². The van der Waals surface area contributed by atoms with E-state index in [4.69, 9.17) is 27.9 Å². The molecule has 0 saturated carbocycles. The third-order valence-corrected chi connectivity index (χ3v) is 4.55. The van der Waals surface area contributed by atoms with Crippen LogP contribution in [0.25, 0.3) is 11.3 Å². The van der Waals surface area contributed by atoms with Crippen LogP contribution in [0.3, 0.4) is 0 Å². The van der Waals surface area contributed by atoms with E-state index >= 15 is 0 Å². The van der Waals surface area contributed by atoms with Gasteiger partial charge in [-0.05, 0) is 24.6 Å². The fourth-order valence-corrected chi connectivity index (χ4v) is 3.32. The van der Waals surface area contributed by atoms with Crippen molar-refractivity contribution in [2.45, 2.75) is 6.42 Å². The summed E-state index contributed by atoms with van der Waals surface area (Å²) in [6, 6.07) is 5.25. The van der Waals surface area contributed by atoms with E-state index < -0.39 is 0 Å². The number of ether oxygens (including phenoxy) is 1. The third-order valence-electron chi connectivity index (χ3n) is 3.24. The number of hydrogen-bond donors (Lipinski definition) is 1. The molecule has 2 heterocycles. The minimum absolute atomic E-state index is 0.0457. The van der Waals surface area contributed by atoms with Gasteiger partial charge in [0.15, 0.2) is 5.13 Å². The maximum atomic E-state index is 12.0. The summed E-state index contributed by atoms with van der Waals surface area (Å²) >= 11 is 13.4. The summed E-state index contributed by atoms with van der Waals surface area (Å²) < 4.78 is 5.21. The van der Waals surface area contributed by atoms with Crippen molar-refractivity contribution in [3.63, 3.8) is 0 Å². The summed E-state index contributed by atoms with van der Waals surface area (Å²) in [5.74, 6) is -0.132. The minimum atomic E-state index is -0.0866. The van der Waals surface area contributed by atoms with Crippen molar-refractivity contribution in [3.8, 4) is 11.3 Å². The molecule has 1 fully saturated rings. The Morgan fingerprint density at radius 3 is 3.00 bits per heavy atom. The summed E-state index contributed by atoms with van der Waals surface area (Å²) in [7, 11) is 0. The van der Waals surface area contributed by atoms with E-state index in [9.17, 15) is 4.79 Å². The molecule has 110 valence electrons.